The van der Waals surface area contributed by atoms with Crippen molar-refractivity contribution in [2.24, 2.45) is 0 Å². The van der Waals surface area contributed by atoms with E-state index >= 15 is 0 Å². The van der Waals surface area contributed by atoms with Crippen molar-refractivity contribution < 1.29 is 23.9 Å². The molecule has 4 rings (SSSR count). The molecular formula is C30H31N3O5S. The SMILES string of the molecule is COC(=O)CNC(=O)C1(NC(=O)C(CSC(c2ccccc2)(c2ccccc2)c2ccccc2)NC=O)CC1. The molecule has 1 aliphatic carbocycles. The Labute approximate surface area is 231 Å². The molecule has 1 fully saturated rings. The quantitative estimate of drug-likeness (QED) is 0.173. The van der Waals surface area contributed by atoms with E-state index in [9.17, 15) is 19.2 Å². The van der Waals surface area contributed by atoms with E-state index in [0.29, 0.717) is 19.3 Å². The van der Waals surface area contributed by atoms with E-state index in [4.69, 9.17) is 0 Å². The van der Waals surface area contributed by atoms with E-state index in [-0.39, 0.29) is 12.3 Å². The molecule has 39 heavy (non-hydrogen) atoms. The highest BCUT2D eigenvalue weighted by Crippen LogP contribution is 2.48. The van der Waals surface area contributed by atoms with Gasteiger partial charge in [0.05, 0.1) is 11.9 Å². The highest BCUT2D eigenvalue weighted by Gasteiger charge is 2.52. The monoisotopic (exact) mass is 545 g/mol. The molecule has 0 radical (unpaired) electrons. The van der Waals surface area contributed by atoms with Crippen LogP contribution in [-0.2, 0) is 28.7 Å². The lowest BCUT2D eigenvalue weighted by atomic mass is 9.84. The number of amides is 3. The number of carbonyl (C=O) groups excluding carboxylic acids is 4. The summed E-state index contributed by atoms with van der Waals surface area (Å²) in [6.45, 7) is -0.285. The second-order valence-electron chi connectivity index (χ2n) is 9.26. The van der Waals surface area contributed by atoms with E-state index in [2.05, 4.69) is 57.1 Å². The first-order valence-electron chi connectivity index (χ1n) is 12.6. The molecule has 1 unspecified atom stereocenters. The van der Waals surface area contributed by atoms with Gasteiger partial charge in [-0.3, -0.25) is 19.2 Å². The van der Waals surface area contributed by atoms with Gasteiger partial charge in [0.1, 0.15) is 18.1 Å². The van der Waals surface area contributed by atoms with E-state index in [1.54, 1.807) is 0 Å². The lowest BCUT2D eigenvalue weighted by molar-refractivity contribution is -0.141. The van der Waals surface area contributed by atoms with Crippen molar-refractivity contribution in [3.05, 3.63) is 108 Å². The lowest BCUT2D eigenvalue weighted by Gasteiger charge is -2.36. The number of nitrogens with one attached hydrogen (secondary N) is 3. The van der Waals surface area contributed by atoms with Crippen LogP contribution in [0.15, 0.2) is 91.0 Å². The van der Waals surface area contributed by atoms with Gasteiger partial charge >= 0.3 is 5.97 Å². The highest BCUT2D eigenvalue weighted by molar-refractivity contribution is 8.00. The predicted octanol–water partition coefficient (Wildman–Crippen LogP) is 2.76. The van der Waals surface area contributed by atoms with Crippen LogP contribution in [-0.4, -0.2) is 55.2 Å². The minimum Gasteiger partial charge on any atom is -0.468 e. The average Bonchev–Trinajstić information content (AvgIpc) is 3.77. The average molecular weight is 546 g/mol. The molecule has 0 saturated heterocycles. The summed E-state index contributed by atoms with van der Waals surface area (Å²) in [5, 5.41) is 7.96. The lowest BCUT2D eigenvalue weighted by Crippen LogP contribution is -2.55. The minimum absolute atomic E-state index is 0.225. The van der Waals surface area contributed by atoms with Gasteiger partial charge in [0.2, 0.25) is 18.2 Å². The first kappa shape index (κ1) is 27.9. The molecule has 3 N–H and O–H groups in total. The van der Waals surface area contributed by atoms with Crippen LogP contribution in [0.1, 0.15) is 29.5 Å². The van der Waals surface area contributed by atoms with Gasteiger partial charge in [0.25, 0.3) is 0 Å². The molecule has 3 aromatic carbocycles. The van der Waals surface area contributed by atoms with Crippen LogP contribution in [0.4, 0.5) is 0 Å². The molecule has 0 heterocycles. The molecule has 3 amide bonds. The number of thioether (sulfide) groups is 1. The Bertz CT molecular complexity index is 1190. The maximum absolute atomic E-state index is 13.4. The summed E-state index contributed by atoms with van der Waals surface area (Å²) in [4.78, 5) is 49.1. The number of benzene rings is 3. The van der Waals surface area contributed by atoms with Crippen molar-refractivity contribution in [3.63, 3.8) is 0 Å². The Morgan fingerprint density at radius 1 is 0.897 bits per heavy atom. The number of ether oxygens (including phenoxy) is 1. The maximum Gasteiger partial charge on any atom is 0.325 e. The van der Waals surface area contributed by atoms with E-state index in [0.717, 1.165) is 16.7 Å². The summed E-state index contributed by atoms with van der Waals surface area (Å²) in [5.41, 5.74) is 1.98. The van der Waals surface area contributed by atoms with Gasteiger partial charge in [0, 0.05) is 5.75 Å². The van der Waals surface area contributed by atoms with Gasteiger partial charge < -0.3 is 20.7 Å². The van der Waals surface area contributed by atoms with Crippen LogP contribution < -0.4 is 16.0 Å². The van der Waals surface area contributed by atoms with E-state index in [1.165, 1.54) is 18.9 Å². The van der Waals surface area contributed by atoms with Gasteiger partial charge in [-0.1, -0.05) is 91.0 Å². The Hall–Kier alpha value is -4.11. The number of esters is 1. The summed E-state index contributed by atoms with van der Waals surface area (Å²) in [6.07, 6.45) is 1.38. The molecule has 0 spiro atoms. The smallest absolute Gasteiger partial charge is 0.325 e. The third kappa shape index (κ3) is 6.31. The standard InChI is InChI=1S/C30H31N3O5S/c1-38-26(35)19-31-28(37)29(17-18-29)33-27(36)25(32-21-34)20-39-30(22-11-5-2-6-12-22,23-13-7-3-8-14-23)24-15-9-4-10-16-24/h2-16,21,25H,17-20H2,1H3,(H,31,37)(H,32,34)(H,33,36). The van der Waals surface area contributed by atoms with Crippen LogP contribution in [0.2, 0.25) is 0 Å². The molecule has 0 aliphatic heterocycles. The molecule has 3 aromatic rings. The Morgan fingerprint density at radius 3 is 1.79 bits per heavy atom. The maximum atomic E-state index is 13.4. The number of rotatable bonds is 13. The van der Waals surface area contributed by atoms with Crippen molar-refractivity contribution in [2.75, 3.05) is 19.4 Å². The second-order valence-corrected chi connectivity index (χ2v) is 10.5. The zero-order valence-corrected chi connectivity index (χ0v) is 22.4. The fourth-order valence-corrected chi connectivity index (χ4v) is 6.08. The van der Waals surface area contributed by atoms with Crippen molar-refractivity contribution in [1.29, 1.82) is 0 Å². The zero-order chi connectivity index (χ0) is 27.7. The van der Waals surface area contributed by atoms with Crippen LogP contribution in [0.25, 0.3) is 0 Å². The van der Waals surface area contributed by atoms with Crippen LogP contribution in [0, 0.1) is 0 Å². The van der Waals surface area contributed by atoms with E-state index < -0.39 is 34.1 Å². The first-order valence-corrected chi connectivity index (χ1v) is 13.6. The van der Waals surface area contributed by atoms with Gasteiger partial charge in [-0.05, 0) is 29.5 Å². The molecule has 8 nitrogen and oxygen atoms in total. The highest BCUT2D eigenvalue weighted by atomic mass is 32.2. The summed E-state index contributed by atoms with van der Waals surface area (Å²) < 4.78 is 3.89. The fraction of sp³-hybridized carbons (Fsp3) is 0.267. The topological polar surface area (TPSA) is 114 Å². The number of methoxy groups -OCH3 is 1. The summed E-state index contributed by atoms with van der Waals surface area (Å²) in [7, 11) is 1.23. The predicted molar refractivity (Wildman–Crippen MR) is 150 cm³/mol. The Morgan fingerprint density at radius 2 is 1.38 bits per heavy atom. The molecular weight excluding hydrogens is 514 g/mol. The molecule has 0 bridgehead atoms. The van der Waals surface area contributed by atoms with Crippen LogP contribution >= 0.6 is 11.8 Å². The van der Waals surface area contributed by atoms with Gasteiger partial charge in [-0.25, -0.2) is 0 Å². The van der Waals surface area contributed by atoms with Crippen molar-refractivity contribution >= 4 is 36.0 Å². The second kappa shape index (κ2) is 12.6. The van der Waals surface area contributed by atoms with Crippen molar-refractivity contribution in [2.45, 2.75) is 29.2 Å². The Balaban J connectivity index is 1.61. The first-order chi connectivity index (χ1) is 18.9. The number of hydrogen-bond acceptors (Lipinski definition) is 6. The van der Waals surface area contributed by atoms with Crippen LogP contribution in [0.3, 0.4) is 0 Å². The molecule has 0 aromatic heterocycles. The van der Waals surface area contributed by atoms with Crippen LogP contribution in [0.5, 0.6) is 0 Å². The third-order valence-corrected chi connectivity index (χ3v) is 8.40. The normalized spacial score (nSPS) is 14.4. The number of carbonyl (C=O) groups is 4. The molecule has 1 saturated carbocycles. The molecule has 202 valence electrons. The summed E-state index contributed by atoms with van der Waals surface area (Å²) >= 11 is 1.53. The van der Waals surface area contributed by atoms with Gasteiger partial charge in [-0.15, -0.1) is 11.8 Å². The Kier molecular flexibility index (Phi) is 9.03. The molecule has 1 atom stereocenters. The summed E-state index contributed by atoms with van der Waals surface area (Å²) in [5.74, 6) is -1.28. The van der Waals surface area contributed by atoms with Gasteiger partial charge in [0.15, 0.2) is 0 Å². The molecule has 9 heteroatoms. The largest absolute Gasteiger partial charge is 0.468 e. The third-order valence-electron chi connectivity index (χ3n) is 6.76. The van der Waals surface area contributed by atoms with Crippen molar-refractivity contribution in [1.82, 2.24) is 16.0 Å². The van der Waals surface area contributed by atoms with E-state index in [1.807, 2.05) is 54.6 Å². The molecule has 1 aliphatic rings. The minimum atomic E-state index is -1.10. The van der Waals surface area contributed by atoms with Gasteiger partial charge in [-0.2, -0.15) is 0 Å². The number of hydrogen-bond donors (Lipinski definition) is 3. The summed E-state index contributed by atoms with van der Waals surface area (Å²) in [6, 6.07) is 29.2. The van der Waals surface area contributed by atoms with Crippen molar-refractivity contribution in [3.8, 4) is 0 Å². The zero-order valence-electron chi connectivity index (χ0n) is 21.6. The fourth-order valence-electron chi connectivity index (χ4n) is 4.51.